The molecule has 0 fully saturated rings. The number of carbonyl (C=O) groups excluding carboxylic acids is 1. The molecule has 5 nitrogen and oxygen atoms in total. The Morgan fingerprint density at radius 3 is 2.89 bits per heavy atom. The number of hydrogen-bond donors (Lipinski definition) is 2. The number of fused-ring (bicyclic) bond motifs is 1. The first-order valence-electron chi connectivity index (χ1n) is 6.09. The predicted molar refractivity (Wildman–Crippen MR) is 66.6 cm³/mol. The molecule has 98 valence electrons. The minimum atomic E-state index is -1.03. The zero-order valence-electron chi connectivity index (χ0n) is 10.4. The van der Waals surface area contributed by atoms with Crippen LogP contribution in [0.3, 0.4) is 0 Å². The van der Waals surface area contributed by atoms with E-state index in [1.54, 1.807) is 19.3 Å². The SMILES string of the molecule is Cc1c(C(=O)O)[nH]c2c1C(=O)C[C@@H](c1ccco1)C2. The molecular formula is C14H13NO4. The molecule has 1 atom stereocenters. The van der Waals surface area contributed by atoms with E-state index in [0.717, 1.165) is 5.76 Å². The van der Waals surface area contributed by atoms with Gasteiger partial charge in [0.25, 0.3) is 0 Å². The van der Waals surface area contributed by atoms with Gasteiger partial charge in [-0.2, -0.15) is 0 Å². The van der Waals surface area contributed by atoms with Crippen molar-refractivity contribution in [2.24, 2.45) is 0 Å². The van der Waals surface area contributed by atoms with E-state index >= 15 is 0 Å². The molecule has 0 spiro atoms. The molecule has 2 aromatic rings. The number of Topliss-reactive ketones (excluding diaryl/α,β-unsaturated/α-hetero) is 1. The summed E-state index contributed by atoms with van der Waals surface area (Å²) < 4.78 is 5.34. The number of carbonyl (C=O) groups is 2. The second-order valence-electron chi connectivity index (χ2n) is 4.83. The summed E-state index contributed by atoms with van der Waals surface area (Å²) in [5.41, 5.74) is 1.89. The van der Waals surface area contributed by atoms with Crippen molar-refractivity contribution in [1.29, 1.82) is 0 Å². The monoisotopic (exact) mass is 259 g/mol. The van der Waals surface area contributed by atoms with Crippen molar-refractivity contribution in [2.45, 2.75) is 25.7 Å². The van der Waals surface area contributed by atoms with Crippen LogP contribution in [0.15, 0.2) is 22.8 Å². The average Bonchev–Trinajstić information content (AvgIpc) is 2.96. The van der Waals surface area contributed by atoms with Crippen LogP contribution in [0.25, 0.3) is 0 Å². The minimum absolute atomic E-state index is 0.0188. The third kappa shape index (κ3) is 1.78. The fourth-order valence-corrected chi connectivity index (χ4v) is 2.77. The Bertz CT molecular complexity index is 651. The molecule has 0 unspecified atom stereocenters. The van der Waals surface area contributed by atoms with Gasteiger partial charge in [0.1, 0.15) is 11.5 Å². The summed E-state index contributed by atoms with van der Waals surface area (Å²) in [6.07, 6.45) is 2.54. The number of carboxylic acids is 1. The van der Waals surface area contributed by atoms with Gasteiger partial charge in [-0.1, -0.05) is 0 Å². The van der Waals surface area contributed by atoms with E-state index in [1.807, 2.05) is 6.07 Å². The van der Waals surface area contributed by atoms with Crippen molar-refractivity contribution in [1.82, 2.24) is 4.98 Å². The van der Waals surface area contributed by atoms with Gasteiger partial charge in [-0.05, 0) is 31.0 Å². The Morgan fingerprint density at radius 1 is 1.47 bits per heavy atom. The fraction of sp³-hybridized carbons (Fsp3) is 0.286. The Kier molecular flexibility index (Phi) is 2.55. The summed E-state index contributed by atoms with van der Waals surface area (Å²) in [5, 5.41) is 9.09. The van der Waals surface area contributed by atoms with Crippen molar-refractivity contribution in [3.8, 4) is 0 Å². The number of nitrogens with one attached hydrogen (secondary N) is 1. The van der Waals surface area contributed by atoms with Crippen LogP contribution in [0.4, 0.5) is 0 Å². The molecule has 3 rings (SSSR count). The second-order valence-corrected chi connectivity index (χ2v) is 4.83. The Labute approximate surface area is 109 Å². The number of ketones is 1. The zero-order chi connectivity index (χ0) is 13.6. The molecule has 1 aliphatic rings. The third-order valence-corrected chi connectivity index (χ3v) is 3.65. The molecule has 2 heterocycles. The van der Waals surface area contributed by atoms with Gasteiger partial charge in [0.15, 0.2) is 5.78 Å². The molecular weight excluding hydrogens is 246 g/mol. The molecule has 0 saturated heterocycles. The summed E-state index contributed by atoms with van der Waals surface area (Å²) in [5.74, 6) is -0.309. The van der Waals surface area contributed by atoms with Crippen molar-refractivity contribution in [2.75, 3.05) is 0 Å². The standard InChI is InChI=1S/C14H13NO4/c1-7-12-9(15-13(7)14(17)18)5-8(6-10(12)16)11-3-2-4-19-11/h2-4,8,15H,5-6H2,1H3,(H,17,18)/t8-/m0/s1. The van der Waals surface area contributed by atoms with Crippen molar-refractivity contribution in [3.63, 3.8) is 0 Å². The van der Waals surface area contributed by atoms with Crippen LogP contribution in [0.1, 0.15) is 50.2 Å². The van der Waals surface area contributed by atoms with E-state index in [1.165, 1.54) is 0 Å². The van der Waals surface area contributed by atoms with E-state index < -0.39 is 5.97 Å². The van der Waals surface area contributed by atoms with E-state index in [9.17, 15) is 9.59 Å². The smallest absolute Gasteiger partial charge is 0.352 e. The first kappa shape index (κ1) is 11.8. The maximum absolute atomic E-state index is 12.2. The van der Waals surface area contributed by atoms with Gasteiger partial charge in [0.2, 0.25) is 0 Å². The van der Waals surface area contributed by atoms with Gasteiger partial charge in [0.05, 0.1) is 6.26 Å². The molecule has 0 bridgehead atoms. The lowest BCUT2D eigenvalue weighted by Crippen LogP contribution is -2.18. The van der Waals surface area contributed by atoms with E-state index in [0.29, 0.717) is 29.7 Å². The van der Waals surface area contributed by atoms with Crippen LogP contribution in [-0.4, -0.2) is 21.8 Å². The lowest BCUT2D eigenvalue weighted by molar-refractivity contribution is 0.0690. The van der Waals surface area contributed by atoms with Crippen LogP contribution in [0.5, 0.6) is 0 Å². The van der Waals surface area contributed by atoms with Crippen molar-refractivity contribution >= 4 is 11.8 Å². The minimum Gasteiger partial charge on any atom is -0.477 e. The Balaban J connectivity index is 2.03. The highest BCUT2D eigenvalue weighted by atomic mass is 16.4. The molecule has 0 aliphatic heterocycles. The predicted octanol–water partition coefficient (Wildman–Crippen LogP) is 2.53. The summed E-state index contributed by atoms with van der Waals surface area (Å²) in [6, 6.07) is 3.63. The van der Waals surface area contributed by atoms with Gasteiger partial charge in [-0.15, -0.1) is 0 Å². The van der Waals surface area contributed by atoms with Gasteiger partial charge in [0, 0.05) is 23.6 Å². The summed E-state index contributed by atoms with van der Waals surface area (Å²) in [6.45, 7) is 1.67. The Morgan fingerprint density at radius 2 is 2.26 bits per heavy atom. The second kappa shape index (κ2) is 4.12. The number of hydrogen-bond acceptors (Lipinski definition) is 3. The maximum atomic E-state index is 12.2. The van der Waals surface area contributed by atoms with Crippen LogP contribution >= 0.6 is 0 Å². The summed E-state index contributed by atoms with van der Waals surface area (Å²) >= 11 is 0. The highest BCUT2D eigenvalue weighted by molar-refractivity contribution is 6.03. The van der Waals surface area contributed by atoms with E-state index in [-0.39, 0.29) is 17.4 Å². The normalized spacial score (nSPS) is 18.4. The van der Waals surface area contributed by atoms with Gasteiger partial charge < -0.3 is 14.5 Å². The number of furan rings is 1. The molecule has 2 aromatic heterocycles. The molecule has 0 saturated carbocycles. The maximum Gasteiger partial charge on any atom is 0.352 e. The lowest BCUT2D eigenvalue weighted by atomic mass is 9.84. The molecule has 0 aromatic carbocycles. The fourth-order valence-electron chi connectivity index (χ4n) is 2.77. The van der Waals surface area contributed by atoms with Gasteiger partial charge in [-0.25, -0.2) is 4.79 Å². The van der Waals surface area contributed by atoms with Crippen LogP contribution in [0.2, 0.25) is 0 Å². The molecule has 0 amide bonds. The van der Waals surface area contributed by atoms with E-state index in [2.05, 4.69) is 4.98 Å². The number of aromatic carboxylic acids is 1. The van der Waals surface area contributed by atoms with Crippen LogP contribution in [-0.2, 0) is 6.42 Å². The molecule has 19 heavy (non-hydrogen) atoms. The highest BCUT2D eigenvalue weighted by Crippen LogP contribution is 2.35. The lowest BCUT2D eigenvalue weighted by Gasteiger charge is -2.19. The molecule has 5 heteroatoms. The topological polar surface area (TPSA) is 83.3 Å². The number of rotatable bonds is 2. The molecule has 2 N–H and O–H groups in total. The first-order valence-corrected chi connectivity index (χ1v) is 6.09. The number of aromatic amines is 1. The number of H-pyrrole nitrogens is 1. The largest absolute Gasteiger partial charge is 0.477 e. The number of aromatic nitrogens is 1. The van der Waals surface area contributed by atoms with Gasteiger partial charge in [-0.3, -0.25) is 4.79 Å². The zero-order valence-corrected chi connectivity index (χ0v) is 10.4. The Hall–Kier alpha value is -2.30. The quantitative estimate of drug-likeness (QED) is 0.868. The first-order chi connectivity index (χ1) is 9.08. The highest BCUT2D eigenvalue weighted by Gasteiger charge is 2.32. The molecule has 1 aliphatic carbocycles. The van der Waals surface area contributed by atoms with Crippen molar-refractivity contribution in [3.05, 3.63) is 46.7 Å². The van der Waals surface area contributed by atoms with Crippen LogP contribution < -0.4 is 0 Å². The van der Waals surface area contributed by atoms with Crippen LogP contribution in [0, 0.1) is 6.92 Å². The number of carboxylic acid groups (broad SMARTS) is 1. The summed E-state index contributed by atoms with van der Waals surface area (Å²) in [7, 11) is 0. The van der Waals surface area contributed by atoms with Gasteiger partial charge >= 0.3 is 5.97 Å². The molecule has 0 radical (unpaired) electrons. The average molecular weight is 259 g/mol. The summed E-state index contributed by atoms with van der Waals surface area (Å²) in [4.78, 5) is 26.2. The van der Waals surface area contributed by atoms with E-state index in [4.69, 9.17) is 9.52 Å². The van der Waals surface area contributed by atoms with Crippen molar-refractivity contribution < 1.29 is 19.1 Å². The third-order valence-electron chi connectivity index (χ3n) is 3.65.